The summed E-state index contributed by atoms with van der Waals surface area (Å²) in [5.41, 5.74) is -0.132. The van der Waals surface area contributed by atoms with Crippen LogP contribution in [0.25, 0.3) is 10.8 Å². The van der Waals surface area contributed by atoms with Crippen molar-refractivity contribution in [3.8, 4) is 0 Å². The molecule has 6 heteroatoms. The molecule has 2 aromatic rings. The second-order valence-corrected chi connectivity index (χ2v) is 6.72. The van der Waals surface area contributed by atoms with Gasteiger partial charge in [0.25, 0.3) is 5.56 Å². The molecule has 0 unspecified atom stereocenters. The normalized spacial score (nSPS) is 20.6. The summed E-state index contributed by atoms with van der Waals surface area (Å²) in [5, 5.41) is 10.6. The minimum atomic E-state index is -0.132. The smallest absolute Gasteiger partial charge is 0.258 e. The van der Waals surface area contributed by atoms with Crippen molar-refractivity contribution in [1.29, 1.82) is 0 Å². The molecule has 134 valence electrons. The number of aliphatic hydroxyl groups is 1. The first-order chi connectivity index (χ1) is 12.0. The second kappa shape index (κ2) is 7.37. The Labute approximate surface area is 147 Å². The number of likely N-dealkylation sites (N-methyl/N-ethyl adjacent to an activating group) is 1. The summed E-state index contributed by atoms with van der Waals surface area (Å²) in [7, 11) is 1.97. The van der Waals surface area contributed by atoms with Gasteiger partial charge in [-0.15, -0.1) is 0 Å². The fourth-order valence-corrected chi connectivity index (χ4v) is 3.78. The van der Waals surface area contributed by atoms with Crippen molar-refractivity contribution in [2.75, 3.05) is 26.7 Å². The predicted octanol–water partition coefficient (Wildman–Crippen LogP) is 0.915. The van der Waals surface area contributed by atoms with E-state index in [2.05, 4.69) is 4.90 Å². The van der Waals surface area contributed by atoms with E-state index in [1.165, 1.54) is 4.57 Å². The molecule has 0 aliphatic carbocycles. The zero-order chi connectivity index (χ0) is 18.0. The Kier molecular flexibility index (Phi) is 5.20. The first kappa shape index (κ1) is 17.6. The first-order valence-corrected chi connectivity index (χ1v) is 8.71. The number of hydrogen-bond acceptors (Lipinski definition) is 4. The quantitative estimate of drug-likeness (QED) is 0.877. The molecule has 0 spiro atoms. The number of amides is 1. The first-order valence-electron chi connectivity index (χ1n) is 8.71. The van der Waals surface area contributed by atoms with Gasteiger partial charge in [0.1, 0.15) is 6.54 Å². The Balaban J connectivity index is 1.75. The molecule has 1 aromatic heterocycles. The van der Waals surface area contributed by atoms with Crippen LogP contribution in [0.3, 0.4) is 0 Å². The van der Waals surface area contributed by atoms with Crippen molar-refractivity contribution in [3.63, 3.8) is 0 Å². The van der Waals surface area contributed by atoms with Gasteiger partial charge in [-0.1, -0.05) is 18.2 Å². The Morgan fingerprint density at radius 1 is 1.32 bits per heavy atom. The summed E-state index contributed by atoms with van der Waals surface area (Å²) >= 11 is 0. The van der Waals surface area contributed by atoms with Gasteiger partial charge in [0, 0.05) is 36.8 Å². The molecule has 0 radical (unpaired) electrons. The molecular formula is C19H25N3O3. The maximum absolute atomic E-state index is 12.7. The van der Waals surface area contributed by atoms with Crippen molar-refractivity contribution in [2.45, 2.75) is 32.0 Å². The molecule has 0 saturated carbocycles. The van der Waals surface area contributed by atoms with Gasteiger partial charge >= 0.3 is 0 Å². The number of carbonyl (C=O) groups is 1. The Morgan fingerprint density at radius 3 is 2.84 bits per heavy atom. The van der Waals surface area contributed by atoms with Gasteiger partial charge in [-0.05, 0) is 37.9 Å². The number of carbonyl (C=O) groups excluding carboxylic acids is 1. The van der Waals surface area contributed by atoms with Crippen molar-refractivity contribution in [1.82, 2.24) is 14.4 Å². The van der Waals surface area contributed by atoms with E-state index in [-0.39, 0.29) is 36.7 Å². The highest BCUT2D eigenvalue weighted by Gasteiger charge is 2.35. The molecule has 1 aromatic carbocycles. The highest BCUT2D eigenvalue weighted by molar-refractivity contribution is 5.82. The summed E-state index contributed by atoms with van der Waals surface area (Å²) in [6, 6.07) is 9.59. The van der Waals surface area contributed by atoms with Crippen LogP contribution in [0.15, 0.2) is 41.3 Å². The van der Waals surface area contributed by atoms with Crippen LogP contribution in [0.1, 0.15) is 13.3 Å². The average molecular weight is 343 g/mol. The summed E-state index contributed by atoms with van der Waals surface area (Å²) in [6.45, 7) is 3.49. The zero-order valence-electron chi connectivity index (χ0n) is 14.8. The molecule has 0 bridgehead atoms. The lowest BCUT2D eigenvalue weighted by Crippen LogP contribution is -2.45. The van der Waals surface area contributed by atoms with Crippen LogP contribution in [0.5, 0.6) is 0 Å². The largest absolute Gasteiger partial charge is 0.395 e. The predicted molar refractivity (Wildman–Crippen MR) is 97.5 cm³/mol. The average Bonchev–Trinajstić information content (AvgIpc) is 2.99. The summed E-state index contributed by atoms with van der Waals surface area (Å²) in [5.74, 6) is -0.0372. The molecule has 1 aliphatic heterocycles. The number of rotatable bonds is 5. The highest BCUT2D eigenvalue weighted by Crippen LogP contribution is 2.22. The number of aliphatic hydroxyl groups excluding tert-OH is 1. The van der Waals surface area contributed by atoms with Crippen LogP contribution in [-0.2, 0) is 11.3 Å². The summed E-state index contributed by atoms with van der Waals surface area (Å²) in [6.07, 6.45) is 2.58. The van der Waals surface area contributed by atoms with E-state index in [9.17, 15) is 9.59 Å². The van der Waals surface area contributed by atoms with Crippen molar-refractivity contribution >= 4 is 16.7 Å². The van der Waals surface area contributed by atoms with E-state index in [1.807, 2.05) is 43.1 Å². The molecule has 3 rings (SSSR count). The minimum Gasteiger partial charge on any atom is -0.395 e. The maximum atomic E-state index is 12.7. The van der Waals surface area contributed by atoms with Gasteiger partial charge in [-0.3, -0.25) is 14.5 Å². The Morgan fingerprint density at radius 2 is 2.08 bits per heavy atom. The van der Waals surface area contributed by atoms with E-state index in [1.54, 1.807) is 12.3 Å². The van der Waals surface area contributed by atoms with E-state index < -0.39 is 0 Å². The molecule has 2 heterocycles. The molecule has 1 aliphatic rings. The lowest BCUT2D eigenvalue weighted by atomic mass is 10.1. The van der Waals surface area contributed by atoms with Gasteiger partial charge in [0.15, 0.2) is 0 Å². The molecule has 1 N–H and O–H groups in total. The van der Waals surface area contributed by atoms with Crippen LogP contribution < -0.4 is 5.56 Å². The van der Waals surface area contributed by atoms with Crippen LogP contribution >= 0.6 is 0 Å². The van der Waals surface area contributed by atoms with Crippen molar-refractivity contribution in [3.05, 3.63) is 46.9 Å². The molecule has 1 fully saturated rings. The molecule has 25 heavy (non-hydrogen) atoms. The zero-order valence-corrected chi connectivity index (χ0v) is 14.8. The lowest BCUT2D eigenvalue weighted by molar-refractivity contribution is -0.132. The lowest BCUT2D eigenvalue weighted by Gasteiger charge is -2.30. The maximum Gasteiger partial charge on any atom is 0.258 e. The van der Waals surface area contributed by atoms with Gasteiger partial charge in [-0.25, -0.2) is 0 Å². The van der Waals surface area contributed by atoms with Crippen LogP contribution in [0, 0.1) is 0 Å². The number of likely N-dealkylation sites (tertiary alicyclic amines) is 1. The van der Waals surface area contributed by atoms with E-state index in [4.69, 9.17) is 5.11 Å². The van der Waals surface area contributed by atoms with Gasteiger partial charge < -0.3 is 14.6 Å². The Bertz CT molecular complexity index is 817. The van der Waals surface area contributed by atoms with Gasteiger partial charge in [0.2, 0.25) is 5.91 Å². The topological polar surface area (TPSA) is 65.8 Å². The van der Waals surface area contributed by atoms with E-state index >= 15 is 0 Å². The second-order valence-electron chi connectivity index (χ2n) is 6.72. The van der Waals surface area contributed by atoms with E-state index in [0.717, 1.165) is 11.8 Å². The van der Waals surface area contributed by atoms with Crippen LogP contribution in [0.2, 0.25) is 0 Å². The molecule has 2 atom stereocenters. The monoisotopic (exact) mass is 343 g/mol. The van der Waals surface area contributed by atoms with Crippen molar-refractivity contribution < 1.29 is 9.90 Å². The molecular weight excluding hydrogens is 318 g/mol. The number of nitrogens with zero attached hydrogens (tertiary/aromatic N) is 3. The number of pyridine rings is 1. The third kappa shape index (κ3) is 3.45. The standard InChI is InChI=1S/C19H25N3O3/c1-14-17(20(2)11-12-23)8-10-22(14)18(24)13-21-9-7-15-5-3-4-6-16(15)19(21)25/h3-7,9,14,17,23H,8,10-13H2,1-2H3/t14-,17-/m1/s1. The number of hydrogen-bond donors (Lipinski definition) is 1. The summed E-state index contributed by atoms with van der Waals surface area (Å²) < 4.78 is 1.49. The van der Waals surface area contributed by atoms with E-state index in [0.29, 0.717) is 18.5 Å². The Hall–Kier alpha value is -2.18. The van der Waals surface area contributed by atoms with Crippen molar-refractivity contribution in [2.24, 2.45) is 0 Å². The number of aromatic nitrogens is 1. The third-order valence-corrected chi connectivity index (χ3v) is 5.25. The highest BCUT2D eigenvalue weighted by atomic mass is 16.3. The van der Waals surface area contributed by atoms with Crippen LogP contribution in [0.4, 0.5) is 0 Å². The third-order valence-electron chi connectivity index (χ3n) is 5.25. The number of fused-ring (bicyclic) bond motifs is 1. The van der Waals surface area contributed by atoms with Crippen LogP contribution in [-0.4, -0.2) is 64.2 Å². The van der Waals surface area contributed by atoms with Gasteiger partial charge in [-0.2, -0.15) is 0 Å². The molecule has 6 nitrogen and oxygen atoms in total. The molecule has 1 amide bonds. The fourth-order valence-electron chi connectivity index (χ4n) is 3.78. The SMILES string of the molecule is C[C@@H]1[C@H](N(C)CCO)CCN1C(=O)Cn1ccc2ccccc2c1=O. The molecule has 1 saturated heterocycles. The number of benzene rings is 1. The summed E-state index contributed by atoms with van der Waals surface area (Å²) in [4.78, 5) is 29.3. The fraction of sp³-hybridized carbons (Fsp3) is 0.474. The minimum absolute atomic E-state index is 0.0372. The van der Waals surface area contributed by atoms with Gasteiger partial charge in [0.05, 0.1) is 6.61 Å².